The summed E-state index contributed by atoms with van der Waals surface area (Å²) in [5.41, 5.74) is 1.35. The maximum Gasteiger partial charge on any atom is 0.253 e. The lowest BCUT2D eigenvalue weighted by Gasteiger charge is -2.09. The fourth-order valence-electron chi connectivity index (χ4n) is 2.42. The number of carbonyl (C=O) groups excluding carboxylic acids is 1. The number of carbonyl (C=O) groups is 1. The zero-order chi connectivity index (χ0) is 21.7. The number of amides is 1. The highest BCUT2D eigenvalue weighted by molar-refractivity contribution is 7.89. The first-order valence-electron chi connectivity index (χ1n) is 8.50. The normalized spacial score (nSPS) is 10.8. The van der Waals surface area contributed by atoms with E-state index in [2.05, 4.69) is 10.3 Å². The van der Waals surface area contributed by atoms with Gasteiger partial charge in [-0.05, 0) is 48.0 Å². The number of nitrogens with zero attached hydrogens (tertiary/aromatic N) is 2. The van der Waals surface area contributed by atoms with Gasteiger partial charge in [0.05, 0.1) is 22.1 Å². The maximum atomic E-state index is 12.3. The lowest BCUT2D eigenvalue weighted by molar-refractivity contribution is 0.0950. The van der Waals surface area contributed by atoms with Crippen molar-refractivity contribution in [2.45, 2.75) is 11.4 Å². The average Bonchev–Trinajstić information content (AvgIpc) is 2.73. The molecule has 0 aliphatic rings. The number of nitriles is 1. The molecule has 30 heavy (non-hydrogen) atoms. The first-order valence-corrected chi connectivity index (χ1v) is 10.4. The first kappa shape index (κ1) is 21.3. The molecule has 10 heteroatoms. The maximum absolute atomic E-state index is 12.3. The van der Waals surface area contributed by atoms with Crippen LogP contribution in [0.25, 0.3) is 0 Å². The second kappa shape index (κ2) is 8.92. The Hall–Kier alpha value is -3.45. The number of nitrogens with two attached hydrogens (primary N) is 1. The van der Waals surface area contributed by atoms with Crippen LogP contribution < -0.4 is 15.2 Å². The van der Waals surface area contributed by atoms with Gasteiger partial charge in [0, 0.05) is 23.8 Å². The minimum Gasteiger partial charge on any atom is -0.439 e. The Bertz CT molecular complexity index is 1220. The Morgan fingerprint density at radius 2 is 1.90 bits per heavy atom. The third-order valence-corrected chi connectivity index (χ3v) is 5.26. The highest BCUT2D eigenvalue weighted by Gasteiger charge is 2.12. The molecule has 1 aromatic heterocycles. The van der Waals surface area contributed by atoms with Gasteiger partial charge >= 0.3 is 0 Å². The van der Waals surface area contributed by atoms with E-state index in [1.54, 1.807) is 36.4 Å². The fraction of sp³-hybridized carbons (Fsp3) is 0.0500. The van der Waals surface area contributed by atoms with Crippen molar-refractivity contribution in [1.82, 2.24) is 10.3 Å². The SMILES string of the molecule is N#Cc1ccc(Oc2ccc(C(=O)NCc3ccc(S(N)(=O)=O)cc3Cl)cn2)cc1. The van der Waals surface area contributed by atoms with Crippen LogP contribution >= 0.6 is 11.6 Å². The molecule has 0 bridgehead atoms. The van der Waals surface area contributed by atoms with E-state index in [0.717, 1.165) is 0 Å². The molecule has 0 spiro atoms. The second-order valence-electron chi connectivity index (χ2n) is 6.10. The van der Waals surface area contributed by atoms with E-state index >= 15 is 0 Å². The summed E-state index contributed by atoms with van der Waals surface area (Å²) < 4.78 is 28.2. The monoisotopic (exact) mass is 442 g/mol. The fourth-order valence-corrected chi connectivity index (χ4v) is 3.27. The molecule has 3 rings (SSSR count). The zero-order valence-corrected chi connectivity index (χ0v) is 16.9. The molecule has 0 radical (unpaired) electrons. The number of benzene rings is 2. The third kappa shape index (κ3) is 5.33. The van der Waals surface area contributed by atoms with Gasteiger partial charge in [-0.1, -0.05) is 17.7 Å². The van der Waals surface area contributed by atoms with E-state index in [0.29, 0.717) is 22.4 Å². The van der Waals surface area contributed by atoms with Gasteiger partial charge in [0.25, 0.3) is 5.91 Å². The molecule has 1 amide bonds. The van der Waals surface area contributed by atoms with Gasteiger partial charge in [0.2, 0.25) is 15.9 Å². The third-order valence-electron chi connectivity index (χ3n) is 4.00. The van der Waals surface area contributed by atoms with Gasteiger partial charge in [-0.3, -0.25) is 4.79 Å². The molecule has 0 aliphatic heterocycles. The summed E-state index contributed by atoms with van der Waals surface area (Å²) in [7, 11) is -3.85. The predicted molar refractivity (Wildman–Crippen MR) is 109 cm³/mol. The minimum atomic E-state index is -3.85. The Kier molecular flexibility index (Phi) is 6.32. The summed E-state index contributed by atoms with van der Waals surface area (Å²) in [6.07, 6.45) is 1.36. The van der Waals surface area contributed by atoms with Crippen LogP contribution in [0.2, 0.25) is 5.02 Å². The summed E-state index contributed by atoms with van der Waals surface area (Å²) in [5, 5.41) is 16.7. The predicted octanol–water partition coefficient (Wildman–Crippen LogP) is 2.98. The van der Waals surface area contributed by atoms with Crippen molar-refractivity contribution in [3.8, 4) is 17.7 Å². The van der Waals surface area contributed by atoms with Crippen LogP contribution in [0.15, 0.2) is 65.7 Å². The molecule has 0 aliphatic carbocycles. The van der Waals surface area contributed by atoms with Crippen LogP contribution in [0.5, 0.6) is 11.6 Å². The second-order valence-corrected chi connectivity index (χ2v) is 8.07. The lowest BCUT2D eigenvalue weighted by Crippen LogP contribution is -2.23. The van der Waals surface area contributed by atoms with Crippen molar-refractivity contribution >= 4 is 27.5 Å². The smallest absolute Gasteiger partial charge is 0.253 e. The standard InChI is InChI=1S/C20H15ClN4O4S/c21-18-9-17(30(23,27)28)7-3-14(18)11-25-20(26)15-4-8-19(24-12-15)29-16-5-1-13(10-22)2-6-16/h1-9,12H,11H2,(H,25,26)(H2,23,27,28). The van der Waals surface area contributed by atoms with Gasteiger partial charge in [0.1, 0.15) is 5.75 Å². The van der Waals surface area contributed by atoms with Crippen LogP contribution in [-0.2, 0) is 16.6 Å². The Morgan fingerprint density at radius 1 is 1.17 bits per heavy atom. The van der Waals surface area contributed by atoms with E-state index in [1.165, 1.54) is 24.4 Å². The van der Waals surface area contributed by atoms with Gasteiger partial charge in [-0.25, -0.2) is 18.5 Å². The van der Waals surface area contributed by atoms with E-state index < -0.39 is 10.0 Å². The molecular formula is C20H15ClN4O4S. The van der Waals surface area contributed by atoms with E-state index in [9.17, 15) is 13.2 Å². The molecule has 152 valence electrons. The summed E-state index contributed by atoms with van der Waals surface area (Å²) >= 11 is 6.06. The molecule has 8 nitrogen and oxygen atoms in total. The van der Waals surface area contributed by atoms with E-state index in [-0.39, 0.29) is 28.3 Å². The molecule has 0 unspecified atom stereocenters. The van der Waals surface area contributed by atoms with Crippen molar-refractivity contribution in [3.63, 3.8) is 0 Å². The number of hydrogen-bond donors (Lipinski definition) is 2. The number of aromatic nitrogens is 1. The van der Waals surface area contributed by atoms with Gasteiger partial charge < -0.3 is 10.1 Å². The molecule has 0 fully saturated rings. The Morgan fingerprint density at radius 3 is 2.47 bits per heavy atom. The molecule has 3 aromatic rings. The molecule has 0 atom stereocenters. The Balaban J connectivity index is 1.61. The van der Waals surface area contributed by atoms with E-state index in [1.807, 2.05) is 6.07 Å². The number of halogens is 1. The van der Waals surface area contributed by atoms with Gasteiger partial charge in [-0.2, -0.15) is 5.26 Å². The zero-order valence-electron chi connectivity index (χ0n) is 15.4. The minimum absolute atomic E-state index is 0.0893. The molecule has 3 N–H and O–H groups in total. The first-order chi connectivity index (χ1) is 14.3. The quantitative estimate of drug-likeness (QED) is 0.602. The van der Waals surface area contributed by atoms with Crippen LogP contribution in [0, 0.1) is 11.3 Å². The van der Waals surface area contributed by atoms with Crippen LogP contribution in [0.3, 0.4) is 0 Å². The van der Waals surface area contributed by atoms with Crippen LogP contribution in [0.1, 0.15) is 21.5 Å². The number of primary sulfonamides is 1. The lowest BCUT2D eigenvalue weighted by atomic mass is 10.2. The summed E-state index contributed by atoms with van der Waals surface area (Å²) in [4.78, 5) is 16.3. The highest BCUT2D eigenvalue weighted by Crippen LogP contribution is 2.21. The number of pyridine rings is 1. The number of hydrogen-bond acceptors (Lipinski definition) is 6. The van der Waals surface area contributed by atoms with Crippen LogP contribution in [0.4, 0.5) is 0 Å². The number of ether oxygens (including phenoxy) is 1. The number of nitrogens with one attached hydrogen (secondary N) is 1. The van der Waals surface area contributed by atoms with Crippen molar-refractivity contribution in [3.05, 3.63) is 82.5 Å². The van der Waals surface area contributed by atoms with E-state index in [4.69, 9.17) is 26.7 Å². The summed E-state index contributed by atoms with van der Waals surface area (Å²) in [6, 6.07) is 15.7. The van der Waals surface area contributed by atoms with Crippen molar-refractivity contribution < 1.29 is 17.9 Å². The highest BCUT2D eigenvalue weighted by atomic mass is 35.5. The summed E-state index contributed by atoms with van der Waals surface area (Å²) in [6.45, 7) is 0.0893. The topological polar surface area (TPSA) is 135 Å². The molecule has 1 heterocycles. The van der Waals surface area contributed by atoms with Gasteiger partial charge in [0.15, 0.2) is 0 Å². The van der Waals surface area contributed by atoms with Crippen molar-refractivity contribution in [2.75, 3.05) is 0 Å². The van der Waals surface area contributed by atoms with Crippen LogP contribution in [-0.4, -0.2) is 19.3 Å². The molecular weight excluding hydrogens is 428 g/mol. The summed E-state index contributed by atoms with van der Waals surface area (Å²) in [5.74, 6) is 0.410. The molecule has 0 saturated heterocycles. The average molecular weight is 443 g/mol. The van der Waals surface area contributed by atoms with Gasteiger partial charge in [-0.15, -0.1) is 0 Å². The number of sulfonamides is 1. The molecule has 2 aromatic carbocycles. The largest absolute Gasteiger partial charge is 0.439 e. The number of rotatable bonds is 6. The molecule has 0 saturated carbocycles. The van der Waals surface area contributed by atoms with Crippen molar-refractivity contribution in [2.24, 2.45) is 5.14 Å². The van der Waals surface area contributed by atoms with Crippen molar-refractivity contribution in [1.29, 1.82) is 5.26 Å². The Labute approximate surface area is 177 Å².